The molecule has 0 aliphatic carbocycles. The minimum absolute atomic E-state index is 0.292. The summed E-state index contributed by atoms with van der Waals surface area (Å²) >= 11 is 0. The van der Waals surface area contributed by atoms with Crippen molar-refractivity contribution in [2.45, 2.75) is 26.3 Å². The van der Waals surface area contributed by atoms with Crippen LogP contribution in [0.15, 0.2) is 36.5 Å². The second-order valence-corrected chi connectivity index (χ2v) is 4.74. The molecular formula is C16H18F2N2. The van der Waals surface area contributed by atoms with Gasteiger partial charge in [0.25, 0.3) is 0 Å². The Morgan fingerprint density at radius 1 is 1.20 bits per heavy atom. The van der Waals surface area contributed by atoms with Crippen LogP contribution in [0.25, 0.3) is 0 Å². The first-order valence-corrected chi connectivity index (χ1v) is 6.74. The number of hydrogen-bond donors (Lipinski definition) is 1. The Bertz CT molecular complexity index is 584. The Morgan fingerprint density at radius 2 is 2.00 bits per heavy atom. The molecule has 1 heterocycles. The minimum Gasteiger partial charge on any atom is -0.305 e. The SMILES string of the molecule is CCCNC(c1cccc(F)c1F)c1ncccc1C. The highest BCUT2D eigenvalue weighted by atomic mass is 19.2. The van der Waals surface area contributed by atoms with Gasteiger partial charge in [0, 0.05) is 11.8 Å². The van der Waals surface area contributed by atoms with Crippen LogP contribution in [0.1, 0.15) is 36.2 Å². The molecule has 0 radical (unpaired) electrons. The van der Waals surface area contributed by atoms with Gasteiger partial charge in [0.2, 0.25) is 0 Å². The zero-order valence-electron chi connectivity index (χ0n) is 11.7. The van der Waals surface area contributed by atoms with Crippen molar-refractivity contribution >= 4 is 0 Å². The van der Waals surface area contributed by atoms with Crippen molar-refractivity contribution in [2.75, 3.05) is 6.54 Å². The van der Waals surface area contributed by atoms with Crippen LogP contribution in [-0.2, 0) is 0 Å². The standard InChI is InChI=1S/C16H18F2N2/c1-3-9-19-16(15-11(2)6-5-10-20-15)12-7-4-8-13(17)14(12)18/h4-8,10,16,19H,3,9H2,1-2H3. The molecule has 2 rings (SSSR count). The fourth-order valence-corrected chi connectivity index (χ4v) is 2.19. The first-order chi connectivity index (χ1) is 9.65. The third-order valence-electron chi connectivity index (χ3n) is 3.21. The van der Waals surface area contributed by atoms with Crippen molar-refractivity contribution in [3.8, 4) is 0 Å². The zero-order chi connectivity index (χ0) is 14.5. The monoisotopic (exact) mass is 276 g/mol. The van der Waals surface area contributed by atoms with Crippen LogP contribution >= 0.6 is 0 Å². The molecule has 4 heteroatoms. The van der Waals surface area contributed by atoms with Crippen LogP contribution in [0.2, 0.25) is 0 Å². The summed E-state index contributed by atoms with van der Waals surface area (Å²) in [5.41, 5.74) is 1.97. The topological polar surface area (TPSA) is 24.9 Å². The lowest BCUT2D eigenvalue weighted by molar-refractivity contribution is 0.477. The van der Waals surface area contributed by atoms with Crippen LogP contribution in [-0.4, -0.2) is 11.5 Å². The number of hydrogen-bond acceptors (Lipinski definition) is 2. The van der Waals surface area contributed by atoms with Crippen molar-refractivity contribution < 1.29 is 8.78 Å². The summed E-state index contributed by atoms with van der Waals surface area (Å²) in [6.45, 7) is 4.65. The number of aryl methyl sites for hydroxylation is 1. The fraction of sp³-hybridized carbons (Fsp3) is 0.312. The molecule has 1 atom stereocenters. The van der Waals surface area contributed by atoms with Crippen molar-refractivity contribution in [1.29, 1.82) is 0 Å². The highest BCUT2D eigenvalue weighted by Crippen LogP contribution is 2.26. The molecule has 0 spiro atoms. The fourth-order valence-electron chi connectivity index (χ4n) is 2.19. The average molecular weight is 276 g/mol. The largest absolute Gasteiger partial charge is 0.305 e. The predicted octanol–water partition coefficient (Wildman–Crippen LogP) is 3.76. The Balaban J connectivity index is 2.47. The van der Waals surface area contributed by atoms with Gasteiger partial charge in [-0.3, -0.25) is 4.98 Å². The van der Waals surface area contributed by atoms with Crippen LogP contribution in [0.3, 0.4) is 0 Å². The van der Waals surface area contributed by atoms with E-state index in [1.165, 1.54) is 6.07 Å². The van der Waals surface area contributed by atoms with Gasteiger partial charge in [-0.05, 0) is 37.6 Å². The summed E-state index contributed by atoms with van der Waals surface area (Å²) in [6, 6.07) is 7.55. The molecule has 0 amide bonds. The Hall–Kier alpha value is -1.81. The van der Waals surface area contributed by atoms with Gasteiger partial charge in [-0.15, -0.1) is 0 Å². The molecule has 1 aromatic heterocycles. The number of pyridine rings is 1. The van der Waals surface area contributed by atoms with E-state index < -0.39 is 17.7 Å². The molecule has 1 unspecified atom stereocenters. The van der Waals surface area contributed by atoms with Crippen LogP contribution < -0.4 is 5.32 Å². The lowest BCUT2D eigenvalue weighted by Crippen LogP contribution is -2.26. The lowest BCUT2D eigenvalue weighted by Gasteiger charge is -2.21. The predicted molar refractivity (Wildman–Crippen MR) is 75.5 cm³/mol. The van der Waals surface area contributed by atoms with E-state index in [0.717, 1.165) is 23.7 Å². The second-order valence-electron chi connectivity index (χ2n) is 4.74. The van der Waals surface area contributed by atoms with Gasteiger partial charge in [0.05, 0.1) is 11.7 Å². The summed E-state index contributed by atoms with van der Waals surface area (Å²) in [4.78, 5) is 4.33. The number of rotatable bonds is 5. The molecular weight excluding hydrogens is 258 g/mol. The summed E-state index contributed by atoms with van der Waals surface area (Å²) in [6.07, 6.45) is 2.57. The smallest absolute Gasteiger partial charge is 0.163 e. The van der Waals surface area contributed by atoms with Crippen LogP contribution in [0.5, 0.6) is 0 Å². The maximum atomic E-state index is 14.1. The van der Waals surface area contributed by atoms with Crippen molar-refractivity contribution in [3.05, 3.63) is 65.0 Å². The number of nitrogens with one attached hydrogen (secondary N) is 1. The molecule has 0 aliphatic rings. The summed E-state index contributed by atoms with van der Waals surface area (Å²) in [5, 5.41) is 3.24. The Kier molecular flexibility index (Phi) is 4.79. The molecule has 1 aromatic carbocycles. The molecule has 0 bridgehead atoms. The van der Waals surface area contributed by atoms with Crippen LogP contribution in [0, 0.1) is 18.6 Å². The van der Waals surface area contributed by atoms with E-state index in [1.807, 2.05) is 26.0 Å². The quantitative estimate of drug-likeness (QED) is 0.899. The summed E-state index contributed by atoms with van der Waals surface area (Å²) in [5.74, 6) is -1.65. The van der Waals surface area contributed by atoms with Crippen LogP contribution in [0.4, 0.5) is 8.78 Å². The van der Waals surface area contributed by atoms with Crippen molar-refractivity contribution in [1.82, 2.24) is 10.3 Å². The normalized spacial score (nSPS) is 12.4. The number of halogens is 2. The number of nitrogens with zero attached hydrogens (tertiary/aromatic N) is 1. The molecule has 0 saturated heterocycles. The van der Waals surface area contributed by atoms with E-state index in [9.17, 15) is 8.78 Å². The molecule has 106 valence electrons. The van der Waals surface area contributed by atoms with Crippen molar-refractivity contribution in [2.24, 2.45) is 0 Å². The van der Waals surface area contributed by atoms with E-state index in [4.69, 9.17) is 0 Å². The summed E-state index contributed by atoms with van der Waals surface area (Å²) < 4.78 is 27.5. The van der Waals surface area contributed by atoms with Gasteiger partial charge >= 0.3 is 0 Å². The molecule has 20 heavy (non-hydrogen) atoms. The van der Waals surface area contributed by atoms with Gasteiger partial charge in [-0.2, -0.15) is 0 Å². The zero-order valence-corrected chi connectivity index (χ0v) is 11.7. The third kappa shape index (κ3) is 3.02. The van der Waals surface area contributed by atoms with E-state index in [1.54, 1.807) is 12.3 Å². The molecule has 0 aliphatic heterocycles. The summed E-state index contributed by atoms with van der Waals surface area (Å²) in [7, 11) is 0. The third-order valence-corrected chi connectivity index (χ3v) is 3.21. The first-order valence-electron chi connectivity index (χ1n) is 6.74. The number of benzene rings is 1. The molecule has 2 aromatic rings. The maximum Gasteiger partial charge on any atom is 0.163 e. The highest BCUT2D eigenvalue weighted by molar-refractivity contribution is 5.33. The first kappa shape index (κ1) is 14.6. The number of aromatic nitrogens is 1. The van der Waals surface area contributed by atoms with E-state index in [-0.39, 0.29) is 0 Å². The molecule has 0 fully saturated rings. The van der Waals surface area contributed by atoms with Gasteiger partial charge < -0.3 is 5.32 Å². The molecule has 1 N–H and O–H groups in total. The molecule has 0 saturated carbocycles. The Labute approximate surface area is 117 Å². The highest BCUT2D eigenvalue weighted by Gasteiger charge is 2.21. The maximum absolute atomic E-state index is 14.1. The van der Waals surface area contributed by atoms with Gasteiger partial charge in [0.15, 0.2) is 11.6 Å². The second kappa shape index (κ2) is 6.57. The van der Waals surface area contributed by atoms with E-state index in [2.05, 4.69) is 10.3 Å². The molecule has 2 nitrogen and oxygen atoms in total. The average Bonchev–Trinajstić information content (AvgIpc) is 2.45. The Morgan fingerprint density at radius 3 is 2.70 bits per heavy atom. The van der Waals surface area contributed by atoms with E-state index in [0.29, 0.717) is 12.1 Å². The van der Waals surface area contributed by atoms with Gasteiger partial charge in [0.1, 0.15) is 0 Å². The lowest BCUT2D eigenvalue weighted by atomic mass is 9.99. The van der Waals surface area contributed by atoms with Gasteiger partial charge in [-0.1, -0.05) is 25.1 Å². The van der Waals surface area contributed by atoms with Gasteiger partial charge in [-0.25, -0.2) is 8.78 Å². The minimum atomic E-state index is -0.834. The van der Waals surface area contributed by atoms with E-state index >= 15 is 0 Å². The van der Waals surface area contributed by atoms with Crippen molar-refractivity contribution in [3.63, 3.8) is 0 Å².